The molecule has 1 aliphatic carbocycles. The summed E-state index contributed by atoms with van der Waals surface area (Å²) in [6.07, 6.45) is 1.88. The monoisotopic (exact) mass is 526 g/mol. The molecule has 0 saturated carbocycles. The molecule has 0 fully saturated rings. The zero-order valence-electron chi connectivity index (χ0n) is 22.4. The van der Waals surface area contributed by atoms with Crippen LogP contribution in [0.2, 0.25) is 0 Å². The number of hydrogen-bond donors (Lipinski definition) is 0. The van der Waals surface area contributed by atoms with Crippen molar-refractivity contribution in [3.63, 3.8) is 0 Å². The van der Waals surface area contributed by atoms with Crippen LogP contribution in [0.15, 0.2) is 146 Å². The molecule has 1 heterocycles. The number of hydrogen-bond acceptors (Lipinski definition) is 2. The highest BCUT2D eigenvalue weighted by atomic mass is 16.6. The molecule has 1 aliphatic heterocycles. The standard InChI is InChI=1S/C39H26O2/c1-2-26-14-9-10-19-29(26)30-21-13-23-34-37(30)41-38-35(40-34)25-24-33-36(38)31-20-11-12-22-32(31)39(33,27-15-5-3-6-16-27)28-17-7-4-8-18-28/h2-25H,1H2. The molecular formula is C39H26O2. The van der Waals surface area contributed by atoms with Gasteiger partial charge in [-0.1, -0.05) is 140 Å². The van der Waals surface area contributed by atoms with Gasteiger partial charge in [0, 0.05) is 11.1 Å². The van der Waals surface area contributed by atoms with Crippen LogP contribution < -0.4 is 9.47 Å². The van der Waals surface area contributed by atoms with Crippen molar-refractivity contribution in [3.05, 3.63) is 174 Å². The summed E-state index contributed by atoms with van der Waals surface area (Å²) >= 11 is 0. The third-order valence-electron chi connectivity index (χ3n) is 8.41. The molecule has 0 unspecified atom stereocenters. The normalized spacial score (nSPS) is 13.6. The van der Waals surface area contributed by atoms with Gasteiger partial charge in [-0.25, -0.2) is 0 Å². The summed E-state index contributed by atoms with van der Waals surface area (Å²) in [5.74, 6) is 2.89. The summed E-state index contributed by atoms with van der Waals surface area (Å²) in [5, 5.41) is 0. The van der Waals surface area contributed by atoms with Crippen molar-refractivity contribution < 1.29 is 9.47 Å². The molecule has 0 bridgehead atoms. The Kier molecular flexibility index (Phi) is 5.23. The van der Waals surface area contributed by atoms with E-state index in [0.29, 0.717) is 5.75 Å². The van der Waals surface area contributed by atoms with Crippen molar-refractivity contribution in [1.82, 2.24) is 0 Å². The van der Waals surface area contributed by atoms with Crippen LogP contribution in [0.25, 0.3) is 28.3 Å². The number of ether oxygens (including phenoxy) is 2. The first kappa shape index (κ1) is 23.5. The van der Waals surface area contributed by atoms with Crippen LogP contribution in [0.1, 0.15) is 27.8 Å². The van der Waals surface area contributed by atoms with E-state index in [1.54, 1.807) is 0 Å². The van der Waals surface area contributed by atoms with Crippen LogP contribution >= 0.6 is 0 Å². The third kappa shape index (κ3) is 3.31. The van der Waals surface area contributed by atoms with E-state index in [0.717, 1.165) is 45.1 Å². The summed E-state index contributed by atoms with van der Waals surface area (Å²) in [4.78, 5) is 0. The average Bonchev–Trinajstić information content (AvgIpc) is 3.36. The largest absolute Gasteiger partial charge is 0.449 e. The second-order valence-electron chi connectivity index (χ2n) is 10.5. The van der Waals surface area contributed by atoms with E-state index >= 15 is 0 Å². The molecule has 6 aromatic carbocycles. The van der Waals surface area contributed by atoms with Crippen LogP contribution in [0.4, 0.5) is 0 Å². The third-order valence-corrected chi connectivity index (χ3v) is 8.41. The maximum absolute atomic E-state index is 6.97. The van der Waals surface area contributed by atoms with E-state index in [1.165, 1.54) is 22.3 Å². The summed E-state index contributed by atoms with van der Waals surface area (Å²) in [7, 11) is 0. The van der Waals surface area contributed by atoms with Gasteiger partial charge in [0.2, 0.25) is 0 Å². The van der Waals surface area contributed by atoms with Gasteiger partial charge in [-0.3, -0.25) is 0 Å². The number of fused-ring (bicyclic) bond motifs is 6. The Labute approximate surface area is 239 Å². The first-order valence-electron chi connectivity index (χ1n) is 13.9. The van der Waals surface area contributed by atoms with Crippen molar-refractivity contribution in [3.8, 4) is 45.3 Å². The molecule has 0 atom stereocenters. The molecule has 41 heavy (non-hydrogen) atoms. The van der Waals surface area contributed by atoms with Crippen molar-refractivity contribution in [2.75, 3.05) is 0 Å². The Morgan fingerprint density at radius 3 is 1.80 bits per heavy atom. The minimum atomic E-state index is -0.498. The molecule has 194 valence electrons. The quantitative estimate of drug-likeness (QED) is 0.227. The highest BCUT2D eigenvalue weighted by molar-refractivity contribution is 5.92. The van der Waals surface area contributed by atoms with Gasteiger partial charge in [-0.05, 0) is 51.1 Å². The smallest absolute Gasteiger partial charge is 0.178 e. The minimum absolute atomic E-state index is 0.498. The van der Waals surface area contributed by atoms with E-state index in [9.17, 15) is 0 Å². The van der Waals surface area contributed by atoms with E-state index in [1.807, 2.05) is 30.3 Å². The summed E-state index contributed by atoms with van der Waals surface area (Å²) in [6.45, 7) is 4.04. The Morgan fingerprint density at radius 2 is 1.07 bits per heavy atom. The minimum Gasteiger partial charge on any atom is -0.449 e. The molecule has 2 heteroatoms. The Hall–Kier alpha value is -5.34. The summed E-state index contributed by atoms with van der Waals surface area (Å²) < 4.78 is 13.6. The van der Waals surface area contributed by atoms with Gasteiger partial charge >= 0.3 is 0 Å². The first-order valence-corrected chi connectivity index (χ1v) is 13.9. The predicted octanol–water partition coefficient (Wildman–Crippen LogP) is 10.3. The van der Waals surface area contributed by atoms with Crippen molar-refractivity contribution in [1.29, 1.82) is 0 Å². The average molecular weight is 527 g/mol. The van der Waals surface area contributed by atoms with Gasteiger partial charge in [0.25, 0.3) is 0 Å². The molecule has 6 aromatic rings. The SMILES string of the molecule is C=Cc1ccccc1-c1cccc2c1Oc1c(ccc3c1-c1ccccc1C3(c1ccccc1)c1ccccc1)O2. The lowest BCUT2D eigenvalue weighted by Crippen LogP contribution is -2.28. The molecule has 0 radical (unpaired) electrons. The van der Waals surface area contributed by atoms with Gasteiger partial charge in [0.05, 0.1) is 5.41 Å². The molecule has 8 rings (SSSR count). The van der Waals surface area contributed by atoms with E-state index in [4.69, 9.17) is 9.47 Å². The summed E-state index contributed by atoms with van der Waals surface area (Å²) in [6, 6.07) is 48.9. The van der Waals surface area contributed by atoms with Gasteiger partial charge in [0.15, 0.2) is 23.0 Å². The zero-order valence-corrected chi connectivity index (χ0v) is 22.4. The molecule has 2 aliphatic rings. The predicted molar refractivity (Wildman–Crippen MR) is 166 cm³/mol. The molecular weight excluding hydrogens is 500 g/mol. The van der Waals surface area contributed by atoms with Crippen LogP contribution in [-0.2, 0) is 5.41 Å². The molecule has 0 aromatic heterocycles. The van der Waals surface area contributed by atoms with Crippen molar-refractivity contribution in [2.24, 2.45) is 0 Å². The van der Waals surface area contributed by atoms with Crippen LogP contribution in [-0.4, -0.2) is 0 Å². The lowest BCUT2D eigenvalue weighted by Gasteiger charge is -2.34. The first-order chi connectivity index (χ1) is 20.3. The maximum Gasteiger partial charge on any atom is 0.178 e. The lowest BCUT2D eigenvalue weighted by atomic mass is 9.68. The Balaban J connectivity index is 1.41. The van der Waals surface area contributed by atoms with Gasteiger partial charge in [-0.2, -0.15) is 0 Å². The Morgan fingerprint density at radius 1 is 0.463 bits per heavy atom. The summed E-state index contributed by atoms with van der Waals surface area (Å²) in [5.41, 5.74) is 9.67. The van der Waals surface area contributed by atoms with E-state index in [2.05, 4.69) is 122 Å². The van der Waals surface area contributed by atoms with Crippen LogP contribution in [0.5, 0.6) is 23.0 Å². The van der Waals surface area contributed by atoms with Crippen LogP contribution in [0, 0.1) is 0 Å². The fourth-order valence-electron chi connectivity index (χ4n) is 6.72. The zero-order chi connectivity index (χ0) is 27.4. The Bertz CT molecular complexity index is 1910. The van der Waals surface area contributed by atoms with Gasteiger partial charge in [-0.15, -0.1) is 0 Å². The van der Waals surface area contributed by atoms with Crippen LogP contribution in [0.3, 0.4) is 0 Å². The fraction of sp³-hybridized carbons (Fsp3) is 0.0256. The molecule has 0 saturated heterocycles. The van der Waals surface area contributed by atoms with Crippen molar-refractivity contribution >= 4 is 6.08 Å². The lowest BCUT2D eigenvalue weighted by molar-refractivity contribution is 0.361. The highest BCUT2D eigenvalue weighted by Gasteiger charge is 2.48. The van der Waals surface area contributed by atoms with E-state index in [-0.39, 0.29) is 0 Å². The number of rotatable bonds is 4. The van der Waals surface area contributed by atoms with Crippen molar-refractivity contribution in [2.45, 2.75) is 5.41 Å². The second-order valence-corrected chi connectivity index (χ2v) is 10.5. The maximum atomic E-state index is 6.97. The second kappa shape index (κ2) is 9.11. The number of benzene rings is 6. The van der Waals surface area contributed by atoms with E-state index < -0.39 is 5.41 Å². The molecule has 0 spiro atoms. The number of para-hydroxylation sites is 1. The van der Waals surface area contributed by atoms with Gasteiger partial charge < -0.3 is 9.47 Å². The highest BCUT2D eigenvalue weighted by Crippen LogP contribution is 2.62. The van der Waals surface area contributed by atoms with Gasteiger partial charge in [0.1, 0.15) is 0 Å². The fourth-order valence-corrected chi connectivity index (χ4v) is 6.72. The topological polar surface area (TPSA) is 18.5 Å². The molecule has 0 amide bonds. The molecule has 0 N–H and O–H groups in total. The molecule has 2 nitrogen and oxygen atoms in total.